The van der Waals surface area contributed by atoms with Gasteiger partial charge in [-0.3, -0.25) is 4.84 Å². The summed E-state index contributed by atoms with van der Waals surface area (Å²) < 4.78 is 4.55. The minimum absolute atomic E-state index is 0.502. The molecule has 0 saturated heterocycles. The number of esters is 1. The van der Waals surface area contributed by atoms with Crippen molar-refractivity contribution in [3.8, 4) is 0 Å². The van der Waals surface area contributed by atoms with Gasteiger partial charge in [-0.25, -0.2) is 10.7 Å². The van der Waals surface area contributed by atoms with Crippen molar-refractivity contribution < 1.29 is 14.4 Å². The molecule has 0 amide bonds. The highest BCUT2D eigenvalue weighted by Gasteiger charge is 2.21. The van der Waals surface area contributed by atoms with E-state index in [0.717, 1.165) is 5.56 Å². The SMILES string of the molecule is COC(=O)C(ON)c1cccc(C)c1. The molecule has 76 valence electrons. The average Bonchev–Trinajstić information content (AvgIpc) is 2.19. The quantitative estimate of drug-likeness (QED) is 0.579. The lowest BCUT2D eigenvalue weighted by molar-refractivity contribution is -0.155. The Kier molecular flexibility index (Phi) is 3.62. The van der Waals surface area contributed by atoms with E-state index in [9.17, 15) is 4.79 Å². The molecule has 0 heterocycles. The van der Waals surface area contributed by atoms with Crippen LogP contribution in [-0.2, 0) is 14.4 Å². The number of carbonyl (C=O) groups is 1. The van der Waals surface area contributed by atoms with Gasteiger partial charge >= 0.3 is 5.97 Å². The lowest BCUT2D eigenvalue weighted by atomic mass is 10.1. The van der Waals surface area contributed by atoms with Gasteiger partial charge in [-0.1, -0.05) is 29.8 Å². The van der Waals surface area contributed by atoms with Crippen LogP contribution in [0.3, 0.4) is 0 Å². The molecule has 0 fully saturated rings. The third-order valence-electron chi connectivity index (χ3n) is 1.90. The van der Waals surface area contributed by atoms with Gasteiger partial charge in [-0.05, 0) is 12.5 Å². The van der Waals surface area contributed by atoms with Crippen molar-refractivity contribution in [1.29, 1.82) is 0 Å². The first kappa shape index (κ1) is 10.7. The Balaban J connectivity index is 2.94. The molecule has 0 aliphatic rings. The molecule has 1 aromatic rings. The number of hydrogen-bond acceptors (Lipinski definition) is 4. The zero-order valence-electron chi connectivity index (χ0n) is 8.19. The molecule has 0 aliphatic carbocycles. The maximum absolute atomic E-state index is 11.2. The number of rotatable bonds is 3. The van der Waals surface area contributed by atoms with Crippen LogP contribution in [0.4, 0.5) is 0 Å². The van der Waals surface area contributed by atoms with Gasteiger partial charge in [0.2, 0.25) is 6.10 Å². The first-order valence-electron chi connectivity index (χ1n) is 4.19. The molecule has 1 unspecified atom stereocenters. The average molecular weight is 195 g/mol. The van der Waals surface area contributed by atoms with Gasteiger partial charge in [0.05, 0.1) is 7.11 Å². The molecule has 0 aliphatic heterocycles. The van der Waals surface area contributed by atoms with Crippen LogP contribution in [0.2, 0.25) is 0 Å². The van der Waals surface area contributed by atoms with Gasteiger partial charge in [0.25, 0.3) is 0 Å². The molecular weight excluding hydrogens is 182 g/mol. The van der Waals surface area contributed by atoms with Crippen molar-refractivity contribution in [2.45, 2.75) is 13.0 Å². The molecule has 0 aromatic heterocycles. The number of nitrogens with two attached hydrogens (primary N) is 1. The number of benzene rings is 1. The highest BCUT2D eigenvalue weighted by Crippen LogP contribution is 2.17. The first-order valence-corrected chi connectivity index (χ1v) is 4.19. The van der Waals surface area contributed by atoms with Crippen molar-refractivity contribution in [3.05, 3.63) is 35.4 Å². The topological polar surface area (TPSA) is 61.5 Å². The van der Waals surface area contributed by atoms with Gasteiger partial charge in [0.1, 0.15) is 0 Å². The summed E-state index contributed by atoms with van der Waals surface area (Å²) in [6, 6.07) is 7.35. The zero-order valence-corrected chi connectivity index (χ0v) is 8.19. The monoisotopic (exact) mass is 195 g/mol. The normalized spacial score (nSPS) is 12.2. The summed E-state index contributed by atoms with van der Waals surface area (Å²) in [5.41, 5.74) is 1.73. The van der Waals surface area contributed by atoms with Crippen molar-refractivity contribution >= 4 is 5.97 Å². The highest BCUT2D eigenvalue weighted by atomic mass is 16.6. The zero-order chi connectivity index (χ0) is 10.6. The Morgan fingerprint density at radius 3 is 2.71 bits per heavy atom. The van der Waals surface area contributed by atoms with Crippen LogP contribution in [0, 0.1) is 6.92 Å². The van der Waals surface area contributed by atoms with E-state index in [2.05, 4.69) is 9.57 Å². The Morgan fingerprint density at radius 1 is 1.50 bits per heavy atom. The molecule has 0 radical (unpaired) electrons. The fourth-order valence-corrected chi connectivity index (χ4v) is 1.21. The second-order valence-corrected chi connectivity index (χ2v) is 2.95. The van der Waals surface area contributed by atoms with Crippen LogP contribution < -0.4 is 5.90 Å². The lowest BCUT2D eigenvalue weighted by Crippen LogP contribution is -2.20. The van der Waals surface area contributed by atoms with Crippen LogP contribution >= 0.6 is 0 Å². The van der Waals surface area contributed by atoms with E-state index in [1.807, 2.05) is 25.1 Å². The van der Waals surface area contributed by atoms with Crippen molar-refractivity contribution in [1.82, 2.24) is 0 Å². The number of carbonyl (C=O) groups excluding carboxylic acids is 1. The summed E-state index contributed by atoms with van der Waals surface area (Å²) in [6.45, 7) is 1.92. The summed E-state index contributed by atoms with van der Waals surface area (Å²) in [5.74, 6) is 4.53. The molecule has 1 aromatic carbocycles. The molecule has 0 bridgehead atoms. The third-order valence-corrected chi connectivity index (χ3v) is 1.90. The molecule has 4 heteroatoms. The van der Waals surface area contributed by atoms with E-state index in [-0.39, 0.29) is 0 Å². The van der Waals surface area contributed by atoms with E-state index in [1.54, 1.807) is 6.07 Å². The largest absolute Gasteiger partial charge is 0.467 e. The van der Waals surface area contributed by atoms with Crippen LogP contribution in [0.1, 0.15) is 17.2 Å². The minimum atomic E-state index is -0.847. The van der Waals surface area contributed by atoms with E-state index in [1.165, 1.54) is 7.11 Å². The predicted octanol–water partition coefficient (Wildman–Crippen LogP) is 1.10. The van der Waals surface area contributed by atoms with Gasteiger partial charge in [-0.15, -0.1) is 0 Å². The minimum Gasteiger partial charge on any atom is -0.467 e. The van der Waals surface area contributed by atoms with E-state index >= 15 is 0 Å². The molecule has 1 rings (SSSR count). The van der Waals surface area contributed by atoms with E-state index < -0.39 is 12.1 Å². The van der Waals surface area contributed by atoms with Gasteiger partial charge in [-0.2, -0.15) is 0 Å². The fraction of sp³-hybridized carbons (Fsp3) is 0.300. The predicted molar refractivity (Wildman–Crippen MR) is 51.2 cm³/mol. The Bertz CT molecular complexity index is 325. The van der Waals surface area contributed by atoms with Gasteiger partial charge in [0, 0.05) is 0 Å². The second kappa shape index (κ2) is 4.74. The van der Waals surface area contributed by atoms with E-state index in [0.29, 0.717) is 5.56 Å². The molecule has 0 spiro atoms. The van der Waals surface area contributed by atoms with Crippen molar-refractivity contribution in [2.75, 3.05) is 7.11 Å². The summed E-state index contributed by atoms with van der Waals surface area (Å²) >= 11 is 0. The molecule has 2 N–H and O–H groups in total. The van der Waals surface area contributed by atoms with Crippen molar-refractivity contribution in [3.63, 3.8) is 0 Å². The Labute approximate surface area is 82.6 Å². The Hall–Kier alpha value is -1.39. The lowest BCUT2D eigenvalue weighted by Gasteiger charge is -2.12. The molecular formula is C10H13NO3. The smallest absolute Gasteiger partial charge is 0.341 e. The summed E-state index contributed by atoms with van der Waals surface area (Å²) in [7, 11) is 1.30. The summed E-state index contributed by atoms with van der Waals surface area (Å²) in [5, 5.41) is 0. The number of hydrogen-bond donors (Lipinski definition) is 1. The number of methoxy groups -OCH3 is 1. The van der Waals surface area contributed by atoms with Crippen LogP contribution in [0.25, 0.3) is 0 Å². The molecule has 14 heavy (non-hydrogen) atoms. The highest BCUT2D eigenvalue weighted by molar-refractivity contribution is 5.76. The van der Waals surface area contributed by atoms with Crippen molar-refractivity contribution in [2.24, 2.45) is 5.90 Å². The maximum atomic E-state index is 11.2. The van der Waals surface area contributed by atoms with Gasteiger partial charge in [0.15, 0.2) is 0 Å². The third kappa shape index (κ3) is 2.31. The fourth-order valence-electron chi connectivity index (χ4n) is 1.21. The summed E-state index contributed by atoms with van der Waals surface area (Å²) in [6.07, 6.45) is -0.847. The van der Waals surface area contributed by atoms with Crippen LogP contribution in [0.15, 0.2) is 24.3 Å². The molecule has 4 nitrogen and oxygen atoms in total. The van der Waals surface area contributed by atoms with Gasteiger partial charge < -0.3 is 4.74 Å². The second-order valence-electron chi connectivity index (χ2n) is 2.95. The van der Waals surface area contributed by atoms with E-state index in [4.69, 9.17) is 5.90 Å². The first-order chi connectivity index (χ1) is 6.69. The number of ether oxygens (including phenoxy) is 1. The molecule has 1 atom stereocenters. The van der Waals surface area contributed by atoms with Crippen LogP contribution in [-0.4, -0.2) is 13.1 Å². The standard InChI is InChI=1S/C10H13NO3/c1-7-4-3-5-8(6-7)9(14-11)10(12)13-2/h3-6,9H,11H2,1-2H3. The van der Waals surface area contributed by atoms with Crippen LogP contribution in [0.5, 0.6) is 0 Å². The maximum Gasteiger partial charge on any atom is 0.341 e. The number of aryl methyl sites for hydroxylation is 1. The summed E-state index contributed by atoms with van der Waals surface area (Å²) in [4.78, 5) is 15.8. The molecule has 0 saturated carbocycles. The Morgan fingerprint density at radius 2 is 2.21 bits per heavy atom.